The topological polar surface area (TPSA) is 114 Å². The van der Waals surface area contributed by atoms with Crippen molar-refractivity contribution in [3.05, 3.63) is 48.0 Å². The second-order valence-corrected chi connectivity index (χ2v) is 9.23. The van der Waals surface area contributed by atoms with E-state index in [1.807, 2.05) is 23.7 Å². The fourth-order valence-electron chi connectivity index (χ4n) is 5.20. The Hall–Kier alpha value is -4.05. The van der Waals surface area contributed by atoms with Crippen LogP contribution in [0.25, 0.3) is 33.5 Å². The van der Waals surface area contributed by atoms with Crippen molar-refractivity contribution in [1.82, 2.24) is 19.0 Å². The highest BCUT2D eigenvalue weighted by molar-refractivity contribution is 6.00. The summed E-state index contributed by atoms with van der Waals surface area (Å²) in [6.45, 7) is 2.11. The van der Waals surface area contributed by atoms with Gasteiger partial charge in [-0.1, -0.05) is 18.2 Å². The molecule has 37 heavy (non-hydrogen) atoms. The molecule has 2 aromatic heterocycles. The van der Waals surface area contributed by atoms with Gasteiger partial charge in [-0.05, 0) is 37.1 Å². The van der Waals surface area contributed by atoms with E-state index in [2.05, 4.69) is 22.8 Å². The molecule has 1 fully saturated rings. The second-order valence-electron chi connectivity index (χ2n) is 9.23. The van der Waals surface area contributed by atoms with Gasteiger partial charge in [0.15, 0.2) is 5.82 Å². The summed E-state index contributed by atoms with van der Waals surface area (Å²) < 4.78 is 20.4. The molecule has 0 radical (unpaired) electrons. The van der Waals surface area contributed by atoms with Crippen LogP contribution in [0.3, 0.4) is 0 Å². The molecule has 1 atom stereocenters. The molecular formula is C27H31N5O5. The first-order chi connectivity index (χ1) is 17.9. The number of imidazole rings is 1. The molecule has 4 aromatic rings. The van der Waals surface area contributed by atoms with Gasteiger partial charge in [0.25, 0.3) is 5.91 Å². The Morgan fingerprint density at radius 1 is 1.16 bits per heavy atom. The number of carbonyl (C=O) groups excluding carboxylic acids is 2. The van der Waals surface area contributed by atoms with Crippen molar-refractivity contribution in [2.75, 3.05) is 33.9 Å². The summed E-state index contributed by atoms with van der Waals surface area (Å²) in [5, 5.41) is 1.11. The average molecular weight is 506 g/mol. The zero-order valence-corrected chi connectivity index (χ0v) is 21.3. The highest BCUT2D eigenvalue weighted by atomic mass is 16.6. The molecule has 0 saturated carbocycles. The number of amides is 2. The first-order valence-electron chi connectivity index (χ1n) is 12.3. The Labute approximate surface area is 214 Å². The van der Waals surface area contributed by atoms with Crippen molar-refractivity contribution in [1.29, 1.82) is 0 Å². The van der Waals surface area contributed by atoms with Crippen LogP contribution in [-0.4, -0.2) is 71.0 Å². The van der Waals surface area contributed by atoms with Crippen molar-refractivity contribution in [3.8, 4) is 17.3 Å². The van der Waals surface area contributed by atoms with Gasteiger partial charge in [-0.3, -0.25) is 4.79 Å². The molecule has 10 nitrogen and oxygen atoms in total. The van der Waals surface area contributed by atoms with E-state index >= 15 is 0 Å². The van der Waals surface area contributed by atoms with Crippen LogP contribution in [0.15, 0.2) is 42.5 Å². The number of para-hydroxylation sites is 1. The van der Waals surface area contributed by atoms with Crippen LogP contribution in [0.5, 0.6) is 5.75 Å². The third-order valence-electron chi connectivity index (χ3n) is 6.91. The van der Waals surface area contributed by atoms with Gasteiger partial charge >= 0.3 is 6.09 Å². The van der Waals surface area contributed by atoms with Crippen molar-refractivity contribution < 1.29 is 23.8 Å². The van der Waals surface area contributed by atoms with Crippen LogP contribution in [0.4, 0.5) is 4.79 Å². The lowest BCUT2D eigenvalue weighted by Crippen LogP contribution is -2.44. The number of benzene rings is 2. The molecule has 2 amide bonds. The fourth-order valence-corrected chi connectivity index (χ4v) is 5.20. The Morgan fingerprint density at radius 3 is 2.73 bits per heavy atom. The van der Waals surface area contributed by atoms with Crippen LogP contribution in [-0.2, 0) is 23.1 Å². The van der Waals surface area contributed by atoms with Crippen LogP contribution in [0, 0.1) is 0 Å². The molecule has 1 unspecified atom stereocenters. The molecule has 2 aromatic carbocycles. The van der Waals surface area contributed by atoms with Crippen molar-refractivity contribution >= 4 is 33.9 Å². The Kier molecular flexibility index (Phi) is 6.75. The maximum atomic E-state index is 13.4. The number of fused-ring (bicyclic) bond motifs is 2. The molecule has 0 bridgehead atoms. The number of primary amides is 1. The van der Waals surface area contributed by atoms with E-state index in [1.165, 1.54) is 0 Å². The van der Waals surface area contributed by atoms with Gasteiger partial charge < -0.3 is 34.0 Å². The number of nitrogens with two attached hydrogens (primary N) is 1. The van der Waals surface area contributed by atoms with E-state index in [-0.39, 0.29) is 5.91 Å². The lowest BCUT2D eigenvalue weighted by molar-refractivity contribution is 0.0373. The maximum Gasteiger partial charge on any atom is 0.404 e. The number of likely N-dealkylation sites (tertiary alicyclic amines) is 1. The molecule has 1 aliphatic rings. The Morgan fingerprint density at radius 2 is 1.97 bits per heavy atom. The lowest BCUT2D eigenvalue weighted by atomic mass is 10.1. The van der Waals surface area contributed by atoms with E-state index in [4.69, 9.17) is 24.9 Å². The first-order valence-corrected chi connectivity index (χ1v) is 12.3. The smallest absolute Gasteiger partial charge is 0.404 e. The molecule has 5 rings (SSSR count). The van der Waals surface area contributed by atoms with Gasteiger partial charge in [-0.2, -0.15) is 0 Å². The highest BCUT2D eigenvalue weighted by Crippen LogP contribution is 2.34. The molecule has 3 heterocycles. The number of piperidine rings is 1. The van der Waals surface area contributed by atoms with E-state index in [0.717, 1.165) is 34.4 Å². The van der Waals surface area contributed by atoms with Gasteiger partial charge in [-0.25, -0.2) is 9.78 Å². The van der Waals surface area contributed by atoms with E-state index < -0.39 is 12.2 Å². The minimum Gasteiger partial charge on any atom is -0.494 e. The summed E-state index contributed by atoms with van der Waals surface area (Å²) in [6, 6.07) is 13.9. The van der Waals surface area contributed by atoms with Crippen LogP contribution >= 0.6 is 0 Å². The molecule has 1 saturated heterocycles. The Bertz CT molecular complexity index is 1470. The number of ether oxygens (including phenoxy) is 3. The third-order valence-corrected chi connectivity index (χ3v) is 6.91. The minimum absolute atomic E-state index is 0.167. The number of hydrogen-bond donors (Lipinski definition) is 1. The number of carbonyl (C=O) groups is 2. The number of rotatable bonds is 7. The summed E-state index contributed by atoms with van der Waals surface area (Å²) in [5.41, 5.74) is 9.16. The summed E-state index contributed by atoms with van der Waals surface area (Å²) >= 11 is 0. The van der Waals surface area contributed by atoms with Crippen molar-refractivity contribution in [2.24, 2.45) is 12.8 Å². The number of aromatic nitrogens is 3. The summed E-state index contributed by atoms with van der Waals surface area (Å²) in [5.74, 6) is 1.15. The van der Waals surface area contributed by atoms with E-state index in [1.54, 1.807) is 31.3 Å². The molecule has 0 aliphatic carbocycles. The third kappa shape index (κ3) is 4.60. The van der Waals surface area contributed by atoms with E-state index in [9.17, 15) is 9.59 Å². The summed E-state index contributed by atoms with van der Waals surface area (Å²) in [7, 11) is 5.22. The predicted molar refractivity (Wildman–Crippen MR) is 140 cm³/mol. The van der Waals surface area contributed by atoms with Gasteiger partial charge in [0.2, 0.25) is 0 Å². The quantitative estimate of drug-likeness (QED) is 0.411. The van der Waals surface area contributed by atoms with Gasteiger partial charge in [0, 0.05) is 43.7 Å². The van der Waals surface area contributed by atoms with Crippen molar-refractivity contribution in [2.45, 2.75) is 25.5 Å². The van der Waals surface area contributed by atoms with Gasteiger partial charge in [0.05, 0.1) is 31.5 Å². The van der Waals surface area contributed by atoms with Gasteiger partial charge in [-0.15, -0.1) is 0 Å². The van der Waals surface area contributed by atoms with Crippen LogP contribution < -0.4 is 10.5 Å². The number of aryl methyl sites for hydroxylation is 1. The fraction of sp³-hybridized carbons (Fsp3) is 0.370. The minimum atomic E-state index is -0.827. The normalized spacial score (nSPS) is 15.9. The molecule has 0 spiro atoms. The monoisotopic (exact) mass is 505 g/mol. The van der Waals surface area contributed by atoms with Crippen LogP contribution in [0.2, 0.25) is 0 Å². The SMILES string of the molecule is COCCn1c(-c2nc3cc(C(=O)N4CCCC(OC(N)=O)C4)cc(OC)c3n2C)cc2ccccc21. The first kappa shape index (κ1) is 24.6. The molecule has 1 aliphatic heterocycles. The molecule has 10 heteroatoms. The second kappa shape index (κ2) is 10.1. The number of nitrogens with zero attached hydrogens (tertiary/aromatic N) is 4. The van der Waals surface area contributed by atoms with Crippen LogP contribution in [0.1, 0.15) is 23.2 Å². The zero-order valence-electron chi connectivity index (χ0n) is 21.3. The Balaban J connectivity index is 1.56. The summed E-state index contributed by atoms with van der Waals surface area (Å²) in [6.07, 6.45) is 0.168. The molecular weight excluding hydrogens is 474 g/mol. The van der Waals surface area contributed by atoms with Gasteiger partial charge in [0.1, 0.15) is 17.4 Å². The highest BCUT2D eigenvalue weighted by Gasteiger charge is 2.28. The van der Waals surface area contributed by atoms with Crippen molar-refractivity contribution in [3.63, 3.8) is 0 Å². The number of hydrogen-bond acceptors (Lipinski definition) is 6. The largest absolute Gasteiger partial charge is 0.494 e. The molecule has 194 valence electrons. The molecule has 2 N–H and O–H groups in total. The number of methoxy groups -OCH3 is 2. The zero-order chi connectivity index (χ0) is 26.1. The van der Waals surface area contributed by atoms with E-state index in [0.29, 0.717) is 49.5 Å². The average Bonchev–Trinajstić information content (AvgIpc) is 3.43. The standard InChI is InChI=1S/C27H31N5O5/c1-30-24-20(29-25(30)22-14-17-7-4-5-9-21(17)32(22)11-12-35-2)13-18(15-23(24)36-3)26(33)31-10-6-8-19(16-31)37-27(28)34/h4-5,7,9,13-15,19H,6,8,10-12,16H2,1-3H3,(H2,28,34). The maximum absolute atomic E-state index is 13.4. The summed E-state index contributed by atoms with van der Waals surface area (Å²) in [4.78, 5) is 31.3. The lowest BCUT2D eigenvalue weighted by Gasteiger charge is -2.32. The predicted octanol–water partition coefficient (Wildman–Crippen LogP) is 3.55.